The maximum Gasteiger partial charge on any atom is 0.461 e. The van der Waals surface area contributed by atoms with E-state index in [-0.39, 0.29) is 6.42 Å². The number of ether oxygens (including phenoxy) is 1. The van der Waals surface area contributed by atoms with Crippen LogP contribution in [0.3, 0.4) is 0 Å². The molecule has 0 N–H and O–H groups in total. The number of rotatable bonds is 4. The summed E-state index contributed by atoms with van der Waals surface area (Å²) in [6, 6.07) is 0. The van der Waals surface area contributed by atoms with Crippen LogP contribution in [0.4, 0.5) is 22.0 Å². The van der Waals surface area contributed by atoms with Gasteiger partial charge in [-0.2, -0.15) is 22.0 Å². The van der Waals surface area contributed by atoms with Crippen LogP contribution < -0.4 is 0 Å². The summed E-state index contributed by atoms with van der Waals surface area (Å²) in [7, 11) is 0. The van der Waals surface area contributed by atoms with Crippen molar-refractivity contribution in [1.29, 1.82) is 0 Å². The van der Waals surface area contributed by atoms with Gasteiger partial charge < -0.3 is 4.74 Å². The molecule has 2 nitrogen and oxygen atoms in total. The zero-order chi connectivity index (χ0) is 13.9. The topological polar surface area (TPSA) is 26.3 Å². The van der Waals surface area contributed by atoms with Crippen LogP contribution in [0.25, 0.3) is 0 Å². The van der Waals surface area contributed by atoms with Gasteiger partial charge >= 0.3 is 18.1 Å². The molecule has 7 heteroatoms. The van der Waals surface area contributed by atoms with Crippen molar-refractivity contribution in [3.8, 4) is 0 Å². The monoisotopic (exact) mass is 260 g/mol. The molecular formula is C10H13F5O2. The van der Waals surface area contributed by atoms with Crippen molar-refractivity contribution in [2.45, 2.75) is 39.3 Å². The van der Waals surface area contributed by atoms with Crippen LogP contribution in [0.2, 0.25) is 0 Å². The lowest BCUT2D eigenvalue weighted by molar-refractivity contribution is -0.275. The van der Waals surface area contributed by atoms with Gasteiger partial charge in [0.1, 0.15) is 0 Å². The molecule has 0 aromatic rings. The van der Waals surface area contributed by atoms with E-state index in [1.54, 1.807) is 0 Å². The first-order valence-electron chi connectivity index (χ1n) is 4.89. The third kappa shape index (κ3) is 4.32. The van der Waals surface area contributed by atoms with Gasteiger partial charge in [0.05, 0.1) is 0 Å². The highest BCUT2D eigenvalue weighted by molar-refractivity contribution is 5.70. The summed E-state index contributed by atoms with van der Waals surface area (Å²) in [5, 5.41) is 0. The Hall–Kier alpha value is -1.14. The summed E-state index contributed by atoms with van der Waals surface area (Å²) < 4.78 is 66.3. The molecule has 0 saturated carbocycles. The number of allylic oxidation sites excluding steroid dienone is 2. The molecule has 0 unspecified atom stereocenters. The first-order valence-corrected chi connectivity index (χ1v) is 4.89. The van der Waals surface area contributed by atoms with Crippen molar-refractivity contribution in [2.75, 3.05) is 0 Å². The van der Waals surface area contributed by atoms with E-state index in [2.05, 4.69) is 4.74 Å². The fraction of sp³-hybridized carbons (Fsp3) is 0.700. The number of alkyl halides is 5. The molecule has 0 fully saturated rings. The van der Waals surface area contributed by atoms with Crippen LogP contribution >= 0.6 is 0 Å². The summed E-state index contributed by atoms with van der Waals surface area (Å²) in [5.74, 6) is -8.57. The fourth-order valence-electron chi connectivity index (χ4n) is 0.840. The zero-order valence-electron chi connectivity index (χ0n) is 9.57. The number of hydrogen-bond donors (Lipinski definition) is 0. The maximum atomic E-state index is 13.0. The molecular weight excluding hydrogens is 247 g/mol. The third-order valence-corrected chi connectivity index (χ3v) is 1.66. The van der Waals surface area contributed by atoms with Gasteiger partial charge in [-0.1, -0.05) is 20.8 Å². The number of esters is 1. The van der Waals surface area contributed by atoms with E-state index in [1.165, 1.54) is 20.8 Å². The van der Waals surface area contributed by atoms with Gasteiger partial charge in [0.15, 0.2) is 5.76 Å². The molecule has 0 spiro atoms. The molecule has 17 heavy (non-hydrogen) atoms. The number of carbonyl (C=O) groups is 1. The minimum atomic E-state index is -5.79. The highest BCUT2D eigenvalue weighted by Gasteiger charge is 2.62. The SMILES string of the molecule is CCC(=O)OC(=CC(C)C)C(F)(F)C(F)(F)F. The molecule has 100 valence electrons. The highest BCUT2D eigenvalue weighted by atomic mass is 19.4. The lowest BCUT2D eigenvalue weighted by Gasteiger charge is -2.22. The van der Waals surface area contributed by atoms with Crippen LogP contribution in [0.15, 0.2) is 11.8 Å². The first kappa shape index (κ1) is 15.9. The Bertz CT molecular complexity index is 304. The lowest BCUT2D eigenvalue weighted by atomic mass is 10.1. The minimum absolute atomic E-state index is 0.288. The quantitative estimate of drug-likeness (QED) is 0.438. The summed E-state index contributed by atoms with van der Waals surface area (Å²) in [5.41, 5.74) is 0. The van der Waals surface area contributed by atoms with Gasteiger partial charge in [0, 0.05) is 6.42 Å². The number of hydrogen-bond acceptors (Lipinski definition) is 2. The smallest absolute Gasteiger partial charge is 0.425 e. The Morgan fingerprint density at radius 2 is 1.71 bits per heavy atom. The van der Waals surface area contributed by atoms with E-state index in [9.17, 15) is 26.7 Å². The Morgan fingerprint density at radius 3 is 2.00 bits per heavy atom. The molecule has 0 atom stereocenters. The maximum absolute atomic E-state index is 13.0. The van der Waals surface area contributed by atoms with E-state index in [0.717, 1.165) is 0 Å². The molecule has 0 aromatic heterocycles. The zero-order valence-corrected chi connectivity index (χ0v) is 9.57. The molecule has 0 aromatic carbocycles. The minimum Gasteiger partial charge on any atom is -0.425 e. The predicted octanol–water partition coefficient (Wildman–Crippen LogP) is 3.68. The van der Waals surface area contributed by atoms with Crippen LogP contribution in [-0.2, 0) is 9.53 Å². The first-order chi connectivity index (χ1) is 7.52. The van der Waals surface area contributed by atoms with Gasteiger partial charge in [-0.15, -0.1) is 0 Å². The molecule has 0 saturated heterocycles. The Balaban J connectivity index is 5.27. The van der Waals surface area contributed by atoms with Crippen molar-refractivity contribution in [2.24, 2.45) is 5.92 Å². The summed E-state index contributed by atoms with van der Waals surface area (Å²) >= 11 is 0. The number of halogens is 5. The lowest BCUT2D eigenvalue weighted by Crippen LogP contribution is -2.40. The van der Waals surface area contributed by atoms with Gasteiger partial charge in [0.25, 0.3) is 0 Å². The largest absolute Gasteiger partial charge is 0.461 e. The molecule has 0 radical (unpaired) electrons. The summed E-state index contributed by atoms with van der Waals surface area (Å²) in [4.78, 5) is 10.8. The highest BCUT2D eigenvalue weighted by Crippen LogP contribution is 2.42. The second-order valence-electron chi connectivity index (χ2n) is 3.67. The van der Waals surface area contributed by atoms with E-state index in [0.29, 0.717) is 6.08 Å². The Kier molecular flexibility index (Phi) is 5.10. The van der Waals surface area contributed by atoms with Crippen molar-refractivity contribution >= 4 is 5.97 Å². The van der Waals surface area contributed by atoms with E-state index in [4.69, 9.17) is 0 Å². The second kappa shape index (κ2) is 5.46. The Morgan fingerprint density at radius 1 is 1.24 bits per heavy atom. The van der Waals surface area contributed by atoms with Crippen LogP contribution in [0, 0.1) is 5.92 Å². The van der Waals surface area contributed by atoms with Crippen molar-refractivity contribution in [3.05, 3.63) is 11.8 Å². The van der Waals surface area contributed by atoms with Crippen LogP contribution in [-0.4, -0.2) is 18.1 Å². The fourth-order valence-corrected chi connectivity index (χ4v) is 0.840. The molecule has 0 bridgehead atoms. The van der Waals surface area contributed by atoms with Gasteiger partial charge in [-0.25, -0.2) is 0 Å². The predicted molar refractivity (Wildman–Crippen MR) is 50.3 cm³/mol. The summed E-state index contributed by atoms with van der Waals surface area (Å²) in [6.07, 6.45) is -5.49. The molecule has 0 rings (SSSR count). The molecule has 0 aliphatic heterocycles. The molecule has 0 amide bonds. The van der Waals surface area contributed by atoms with Gasteiger partial charge in [0.2, 0.25) is 0 Å². The van der Waals surface area contributed by atoms with E-state index < -0.39 is 29.7 Å². The standard InChI is InChI=1S/C10H13F5O2/c1-4-8(16)17-7(5-6(2)3)9(11,12)10(13,14)15/h5-6H,4H2,1-3H3. The van der Waals surface area contributed by atoms with E-state index in [1.807, 2.05) is 0 Å². The average molecular weight is 260 g/mol. The normalized spacial score (nSPS) is 14.1. The average Bonchev–Trinajstić information content (AvgIpc) is 2.13. The van der Waals surface area contributed by atoms with Gasteiger partial charge in [-0.3, -0.25) is 4.79 Å². The number of carbonyl (C=O) groups excluding carboxylic acids is 1. The van der Waals surface area contributed by atoms with Crippen molar-refractivity contribution < 1.29 is 31.5 Å². The van der Waals surface area contributed by atoms with Crippen LogP contribution in [0.1, 0.15) is 27.2 Å². The molecule has 0 aliphatic carbocycles. The van der Waals surface area contributed by atoms with Gasteiger partial charge in [-0.05, 0) is 12.0 Å². The second-order valence-corrected chi connectivity index (χ2v) is 3.67. The molecule has 0 aliphatic rings. The van der Waals surface area contributed by atoms with Crippen molar-refractivity contribution in [3.63, 3.8) is 0 Å². The van der Waals surface area contributed by atoms with Crippen LogP contribution in [0.5, 0.6) is 0 Å². The Labute approximate surface area is 95.4 Å². The summed E-state index contributed by atoms with van der Waals surface area (Å²) in [6.45, 7) is 4.08. The molecule has 0 heterocycles. The van der Waals surface area contributed by atoms with E-state index >= 15 is 0 Å². The third-order valence-electron chi connectivity index (χ3n) is 1.66. The van der Waals surface area contributed by atoms with Crippen molar-refractivity contribution in [1.82, 2.24) is 0 Å².